The Morgan fingerprint density at radius 2 is 0.771 bits per heavy atom. The molecule has 0 aliphatic heterocycles. The van der Waals surface area contributed by atoms with Crippen molar-refractivity contribution in [2.45, 2.75) is 43.9 Å². The van der Waals surface area contributed by atoms with Crippen LogP contribution < -0.4 is 10.6 Å². The predicted molar refractivity (Wildman–Crippen MR) is 160 cm³/mol. The third kappa shape index (κ3) is 9.04. The zero-order chi connectivity index (χ0) is 24.0. The van der Waals surface area contributed by atoms with Crippen molar-refractivity contribution in [2.75, 3.05) is 12.3 Å². The highest BCUT2D eigenvalue weighted by Crippen LogP contribution is 2.36. The van der Waals surface area contributed by atoms with E-state index in [4.69, 9.17) is 0 Å². The summed E-state index contributed by atoms with van der Waals surface area (Å²) in [5.74, 6) is 1.25. The van der Waals surface area contributed by atoms with E-state index in [2.05, 4.69) is 121 Å². The van der Waals surface area contributed by atoms with Crippen LogP contribution in [0.4, 0.5) is 0 Å². The van der Waals surface area contributed by atoms with Crippen LogP contribution in [0.3, 0.4) is 0 Å². The average Bonchev–Trinajstić information content (AvgIpc) is 2.94. The highest BCUT2D eigenvalue weighted by atomic mass is 31.1. The van der Waals surface area contributed by atoms with E-state index < -0.39 is 0 Å². The summed E-state index contributed by atoms with van der Waals surface area (Å²) in [5, 5.41) is 2.98. The minimum Gasteiger partial charge on any atom is -0.0904 e. The SMILES string of the molecule is c1ccc(PCCCC(CC(CCCPc2ccccc2)c2ccccc2)c2ccccc2)cc1. The summed E-state index contributed by atoms with van der Waals surface area (Å²) in [4.78, 5) is 0. The lowest BCUT2D eigenvalue weighted by Crippen LogP contribution is -2.09. The van der Waals surface area contributed by atoms with Crippen molar-refractivity contribution in [3.63, 3.8) is 0 Å². The fraction of sp³-hybridized carbons (Fsp3) is 0.273. The summed E-state index contributed by atoms with van der Waals surface area (Å²) in [6, 6.07) is 44.5. The van der Waals surface area contributed by atoms with Crippen LogP contribution in [0.1, 0.15) is 55.1 Å². The van der Waals surface area contributed by atoms with E-state index in [-0.39, 0.29) is 0 Å². The van der Waals surface area contributed by atoms with Crippen LogP contribution in [-0.4, -0.2) is 12.3 Å². The number of hydrogen-bond acceptors (Lipinski definition) is 0. The zero-order valence-electron chi connectivity index (χ0n) is 20.7. The van der Waals surface area contributed by atoms with Gasteiger partial charge in [0.1, 0.15) is 0 Å². The monoisotopic (exact) mass is 496 g/mol. The van der Waals surface area contributed by atoms with Gasteiger partial charge in [-0.05, 0) is 78.0 Å². The van der Waals surface area contributed by atoms with E-state index in [9.17, 15) is 0 Å². The molecule has 0 spiro atoms. The summed E-state index contributed by atoms with van der Waals surface area (Å²) < 4.78 is 0. The van der Waals surface area contributed by atoms with Gasteiger partial charge in [-0.25, -0.2) is 0 Å². The summed E-state index contributed by atoms with van der Waals surface area (Å²) in [5.41, 5.74) is 3.03. The Kier molecular flexibility index (Phi) is 11.1. The number of benzene rings is 4. The van der Waals surface area contributed by atoms with Crippen molar-refractivity contribution in [1.29, 1.82) is 0 Å². The second kappa shape index (κ2) is 15.0. The van der Waals surface area contributed by atoms with Crippen molar-refractivity contribution in [3.05, 3.63) is 132 Å². The lowest BCUT2D eigenvalue weighted by molar-refractivity contribution is 0.477. The molecule has 4 unspecified atom stereocenters. The van der Waals surface area contributed by atoms with E-state index in [1.807, 2.05) is 0 Å². The molecule has 0 aliphatic rings. The predicted octanol–water partition coefficient (Wildman–Crippen LogP) is 8.51. The molecule has 0 saturated heterocycles. The summed E-state index contributed by atoms with van der Waals surface area (Å²) in [6.45, 7) is 0. The molecule has 0 aliphatic carbocycles. The van der Waals surface area contributed by atoms with Crippen LogP contribution in [0, 0.1) is 0 Å². The first-order valence-electron chi connectivity index (χ1n) is 13.1. The van der Waals surface area contributed by atoms with Crippen LogP contribution in [-0.2, 0) is 0 Å². The Hall–Kier alpha value is -2.26. The number of hydrogen-bond donors (Lipinski definition) is 0. The van der Waals surface area contributed by atoms with E-state index in [0.717, 1.165) is 17.2 Å². The Morgan fingerprint density at radius 3 is 1.14 bits per heavy atom. The van der Waals surface area contributed by atoms with Crippen molar-refractivity contribution in [2.24, 2.45) is 0 Å². The molecule has 0 bridgehead atoms. The van der Waals surface area contributed by atoms with Gasteiger partial charge in [0.25, 0.3) is 0 Å². The minimum absolute atomic E-state index is 0.624. The number of rotatable bonds is 14. The molecule has 180 valence electrons. The van der Waals surface area contributed by atoms with E-state index in [1.165, 1.54) is 66.2 Å². The summed E-state index contributed by atoms with van der Waals surface area (Å²) >= 11 is 0. The standard InChI is InChI=1S/C33H38P2/c1-5-15-28(16-6-1)30(19-13-25-34-32-21-9-3-10-22-32)27-31(29-17-7-2-8-18-29)20-14-26-35-33-23-11-4-12-24-33/h1-12,15-18,21-24,30-31,34-35H,13-14,19-20,25-27H2. The molecular weight excluding hydrogens is 458 g/mol. The van der Waals surface area contributed by atoms with Gasteiger partial charge in [0.05, 0.1) is 0 Å². The average molecular weight is 497 g/mol. The Bertz CT molecular complexity index is 976. The molecule has 4 aromatic rings. The zero-order valence-corrected chi connectivity index (χ0v) is 22.7. The molecule has 35 heavy (non-hydrogen) atoms. The normalized spacial score (nSPS) is 13.5. The fourth-order valence-corrected chi connectivity index (χ4v) is 7.10. The molecule has 0 fully saturated rings. The Balaban J connectivity index is 1.38. The van der Waals surface area contributed by atoms with Gasteiger partial charge >= 0.3 is 0 Å². The maximum absolute atomic E-state index is 2.35. The van der Waals surface area contributed by atoms with Crippen LogP contribution in [0.25, 0.3) is 0 Å². The quantitative estimate of drug-likeness (QED) is 0.121. The highest BCUT2D eigenvalue weighted by Gasteiger charge is 2.19. The second-order valence-electron chi connectivity index (χ2n) is 9.32. The second-order valence-corrected chi connectivity index (χ2v) is 12.2. The molecule has 4 aromatic carbocycles. The summed E-state index contributed by atoms with van der Waals surface area (Å²) in [7, 11) is 1.84. The third-order valence-corrected chi connectivity index (χ3v) is 9.47. The van der Waals surface area contributed by atoms with Gasteiger partial charge in [-0.1, -0.05) is 138 Å². The maximum Gasteiger partial charge on any atom is -0.0156 e. The van der Waals surface area contributed by atoms with Gasteiger partial charge in [-0.2, -0.15) is 0 Å². The van der Waals surface area contributed by atoms with Crippen molar-refractivity contribution >= 4 is 27.8 Å². The Labute approximate surface area is 216 Å². The van der Waals surface area contributed by atoms with Crippen molar-refractivity contribution < 1.29 is 0 Å². The van der Waals surface area contributed by atoms with Gasteiger partial charge in [0.2, 0.25) is 0 Å². The third-order valence-electron chi connectivity index (χ3n) is 6.78. The molecule has 4 atom stereocenters. The fourth-order valence-electron chi connectivity index (χ4n) is 4.91. The van der Waals surface area contributed by atoms with Crippen LogP contribution >= 0.6 is 17.2 Å². The molecular formula is C33H38P2. The van der Waals surface area contributed by atoms with E-state index >= 15 is 0 Å². The maximum atomic E-state index is 2.35. The first-order valence-corrected chi connectivity index (χ1v) is 15.5. The summed E-state index contributed by atoms with van der Waals surface area (Å²) in [6.07, 6.45) is 8.98. The van der Waals surface area contributed by atoms with E-state index in [0.29, 0.717) is 11.8 Å². The van der Waals surface area contributed by atoms with Crippen LogP contribution in [0.15, 0.2) is 121 Å². The molecule has 0 aromatic heterocycles. The molecule has 4 rings (SSSR count). The molecule has 0 radical (unpaired) electrons. The van der Waals surface area contributed by atoms with Gasteiger partial charge in [0.15, 0.2) is 0 Å². The molecule has 0 saturated carbocycles. The van der Waals surface area contributed by atoms with Crippen molar-refractivity contribution in [3.8, 4) is 0 Å². The lowest BCUT2D eigenvalue weighted by atomic mass is 9.81. The molecule has 2 heteroatoms. The van der Waals surface area contributed by atoms with Gasteiger partial charge in [-0.3, -0.25) is 0 Å². The first-order chi connectivity index (χ1) is 17.4. The van der Waals surface area contributed by atoms with Crippen molar-refractivity contribution in [1.82, 2.24) is 0 Å². The minimum atomic E-state index is 0.624. The molecule has 0 amide bonds. The largest absolute Gasteiger partial charge is 0.0904 e. The van der Waals surface area contributed by atoms with Crippen LogP contribution in [0.2, 0.25) is 0 Å². The molecule has 0 N–H and O–H groups in total. The first kappa shape index (κ1) is 25.8. The topological polar surface area (TPSA) is 0 Å². The Morgan fingerprint density at radius 1 is 0.429 bits per heavy atom. The van der Waals surface area contributed by atoms with Gasteiger partial charge in [0, 0.05) is 0 Å². The molecule has 0 nitrogen and oxygen atoms in total. The van der Waals surface area contributed by atoms with Crippen LogP contribution in [0.5, 0.6) is 0 Å². The highest BCUT2D eigenvalue weighted by molar-refractivity contribution is 7.47. The van der Waals surface area contributed by atoms with Gasteiger partial charge in [-0.15, -0.1) is 0 Å². The van der Waals surface area contributed by atoms with Gasteiger partial charge < -0.3 is 0 Å². The smallest absolute Gasteiger partial charge is 0.0156 e. The molecule has 0 heterocycles. The van der Waals surface area contributed by atoms with E-state index in [1.54, 1.807) is 0 Å². The lowest BCUT2D eigenvalue weighted by Gasteiger charge is -2.25.